The normalized spacial score (nSPS) is 10.2. The summed E-state index contributed by atoms with van der Waals surface area (Å²) >= 11 is 11.8. The van der Waals surface area contributed by atoms with Gasteiger partial charge in [-0.1, -0.05) is 23.2 Å². The summed E-state index contributed by atoms with van der Waals surface area (Å²) in [5, 5.41) is 12.7. The van der Waals surface area contributed by atoms with Crippen molar-refractivity contribution in [2.75, 3.05) is 25.6 Å². The average molecular weight is 414 g/mol. The molecule has 0 heterocycles. The highest BCUT2D eigenvalue weighted by atomic mass is 35.5. The number of halogens is 2. The SMILES string of the molecule is CCOc1cc(C(=O)OCC(=O)Nc2cc(Cl)ccc2OC)cc(Cl)c1O. The minimum atomic E-state index is -0.800. The van der Waals surface area contributed by atoms with Crippen LogP contribution in [0.15, 0.2) is 30.3 Å². The van der Waals surface area contributed by atoms with E-state index in [9.17, 15) is 14.7 Å². The summed E-state index contributed by atoms with van der Waals surface area (Å²) in [7, 11) is 1.45. The Bertz CT molecular complexity index is 856. The number of methoxy groups -OCH3 is 1. The fourth-order valence-electron chi connectivity index (χ4n) is 2.14. The molecule has 9 heteroatoms. The van der Waals surface area contributed by atoms with Crippen LogP contribution in [0.1, 0.15) is 17.3 Å². The van der Waals surface area contributed by atoms with E-state index >= 15 is 0 Å². The van der Waals surface area contributed by atoms with Gasteiger partial charge >= 0.3 is 5.97 Å². The van der Waals surface area contributed by atoms with Gasteiger partial charge in [-0.25, -0.2) is 4.79 Å². The summed E-state index contributed by atoms with van der Waals surface area (Å²) in [6.45, 7) is 1.44. The standard InChI is InChI=1S/C18H17Cl2NO6/c1-3-26-15-7-10(6-12(20)17(15)23)18(24)27-9-16(22)21-13-8-11(19)4-5-14(13)25-2/h4-8,23H,3,9H2,1-2H3,(H,21,22). The fourth-order valence-corrected chi connectivity index (χ4v) is 2.52. The van der Waals surface area contributed by atoms with Crippen LogP contribution in [0.2, 0.25) is 10.0 Å². The van der Waals surface area contributed by atoms with E-state index in [-0.39, 0.29) is 28.7 Å². The molecule has 144 valence electrons. The molecule has 2 aromatic carbocycles. The molecule has 0 fully saturated rings. The maximum Gasteiger partial charge on any atom is 0.338 e. The molecule has 2 aromatic rings. The zero-order valence-electron chi connectivity index (χ0n) is 14.5. The molecular weight excluding hydrogens is 397 g/mol. The van der Waals surface area contributed by atoms with Gasteiger partial charge in [-0.05, 0) is 37.3 Å². The second kappa shape index (κ2) is 9.34. The van der Waals surface area contributed by atoms with E-state index in [4.69, 9.17) is 37.4 Å². The number of rotatable bonds is 7. The summed E-state index contributed by atoms with van der Waals surface area (Å²) in [6, 6.07) is 7.22. The number of carbonyl (C=O) groups excluding carboxylic acids is 2. The molecule has 0 saturated carbocycles. The first kappa shape index (κ1) is 20.7. The first-order valence-corrected chi connectivity index (χ1v) is 8.57. The molecule has 2 N–H and O–H groups in total. The molecule has 0 aliphatic rings. The highest BCUT2D eigenvalue weighted by Crippen LogP contribution is 2.35. The van der Waals surface area contributed by atoms with Gasteiger partial charge in [-0.2, -0.15) is 0 Å². The number of benzene rings is 2. The number of aromatic hydroxyl groups is 1. The molecule has 0 radical (unpaired) electrons. The Morgan fingerprint density at radius 3 is 2.56 bits per heavy atom. The van der Waals surface area contributed by atoms with Crippen molar-refractivity contribution in [1.82, 2.24) is 0 Å². The number of carbonyl (C=O) groups is 2. The molecule has 0 saturated heterocycles. The highest BCUT2D eigenvalue weighted by molar-refractivity contribution is 6.32. The number of hydrogen-bond acceptors (Lipinski definition) is 6. The molecule has 2 rings (SSSR count). The first-order chi connectivity index (χ1) is 12.8. The quantitative estimate of drug-likeness (QED) is 0.668. The number of phenolic OH excluding ortho intramolecular Hbond substituents is 1. The number of phenols is 1. The maximum atomic E-state index is 12.2. The predicted octanol–water partition coefficient (Wildman–Crippen LogP) is 3.90. The van der Waals surface area contributed by atoms with Gasteiger partial charge in [0.1, 0.15) is 5.75 Å². The molecule has 0 aliphatic heterocycles. The van der Waals surface area contributed by atoms with Crippen LogP contribution in [0.3, 0.4) is 0 Å². The molecule has 27 heavy (non-hydrogen) atoms. The Morgan fingerprint density at radius 1 is 1.15 bits per heavy atom. The van der Waals surface area contributed by atoms with Gasteiger partial charge < -0.3 is 24.6 Å². The fraction of sp³-hybridized carbons (Fsp3) is 0.222. The second-order valence-electron chi connectivity index (χ2n) is 5.21. The Balaban J connectivity index is 2.03. The van der Waals surface area contributed by atoms with Crippen molar-refractivity contribution in [3.8, 4) is 17.2 Å². The van der Waals surface area contributed by atoms with Crippen molar-refractivity contribution >= 4 is 40.8 Å². The Hall–Kier alpha value is -2.64. The molecule has 0 aromatic heterocycles. The van der Waals surface area contributed by atoms with Crippen molar-refractivity contribution in [3.05, 3.63) is 45.9 Å². The van der Waals surface area contributed by atoms with Crippen LogP contribution in [-0.4, -0.2) is 37.3 Å². The molecule has 1 amide bonds. The Morgan fingerprint density at radius 2 is 1.89 bits per heavy atom. The topological polar surface area (TPSA) is 94.1 Å². The second-order valence-corrected chi connectivity index (χ2v) is 6.05. The maximum absolute atomic E-state index is 12.2. The smallest absolute Gasteiger partial charge is 0.338 e. The molecular formula is C18H17Cl2NO6. The van der Waals surface area contributed by atoms with Crippen molar-refractivity contribution in [2.24, 2.45) is 0 Å². The van der Waals surface area contributed by atoms with E-state index in [1.807, 2.05) is 0 Å². The van der Waals surface area contributed by atoms with Gasteiger partial charge in [-0.3, -0.25) is 4.79 Å². The summed E-state index contributed by atoms with van der Waals surface area (Å²) < 4.78 is 15.3. The molecule has 0 bridgehead atoms. The van der Waals surface area contributed by atoms with Gasteiger partial charge in [0, 0.05) is 5.02 Å². The van der Waals surface area contributed by atoms with Crippen LogP contribution >= 0.6 is 23.2 Å². The van der Waals surface area contributed by atoms with Gasteiger partial charge in [0.15, 0.2) is 18.1 Å². The van der Waals surface area contributed by atoms with E-state index in [0.29, 0.717) is 16.5 Å². The zero-order chi connectivity index (χ0) is 20.0. The summed E-state index contributed by atoms with van der Waals surface area (Å²) in [4.78, 5) is 24.2. The number of anilines is 1. The zero-order valence-corrected chi connectivity index (χ0v) is 16.1. The molecule has 0 unspecified atom stereocenters. The van der Waals surface area contributed by atoms with Crippen LogP contribution in [0.25, 0.3) is 0 Å². The van der Waals surface area contributed by atoms with E-state index < -0.39 is 18.5 Å². The number of hydrogen-bond donors (Lipinski definition) is 2. The largest absolute Gasteiger partial charge is 0.503 e. The van der Waals surface area contributed by atoms with E-state index in [1.165, 1.54) is 25.3 Å². The lowest BCUT2D eigenvalue weighted by Crippen LogP contribution is -2.21. The van der Waals surface area contributed by atoms with Gasteiger partial charge in [-0.15, -0.1) is 0 Å². The first-order valence-electron chi connectivity index (χ1n) is 7.81. The van der Waals surface area contributed by atoms with Crippen molar-refractivity contribution in [1.29, 1.82) is 0 Å². The summed E-state index contributed by atoms with van der Waals surface area (Å²) in [6.07, 6.45) is 0. The molecule has 7 nitrogen and oxygen atoms in total. The van der Waals surface area contributed by atoms with Crippen LogP contribution in [0, 0.1) is 0 Å². The number of esters is 1. The minimum Gasteiger partial charge on any atom is -0.503 e. The third-order valence-electron chi connectivity index (χ3n) is 3.33. The molecule has 0 aliphatic carbocycles. The summed E-state index contributed by atoms with van der Waals surface area (Å²) in [5.41, 5.74) is 0.381. The van der Waals surface area contributed by atoms with Crippen LogP contribution in [0.4, 0.5) is 5.69 Å². The lowest BCUT2D eigenvalue weighted by Gasteiger charge is -2.12. The number of ether oxygens (including phenoxy) is 3. The van der Waals surface area contributed by atoms with E-state index in [0.717, 1.165) is 0 Å². The van der Waals surface area contributed by atoms with Gasteiger partial charge in [0.05, 0.1) is 30.0 Å². The highest BCUT2D eigenvalue weighted by Gasteiger charge is 2.17. The number of amides is 1. The Kier molecular flexibility index (Phi) is 7.15. The van der Waals surface area contributed by atoms with Crippen LogP contribution in [-0.2, 0) is 9.53 Å². The predicted molar refractivity (Wildman–Crippen MR) is 101 cm³/mol. The third-order valence-corrected chi connectivity index (χ3v) is 3.86. The summed E-state index contributed by atoms with van der Waals surface area (Å²) in [5.74, 6) is -1.21. The van der Waals surface area contributed by atoms with Crippen LogP contribution in [0.5, 0.6) is 17.2 Å². The Labute approximate surface area is 165 Å². The van der Waals surface area contributed by atoms with Gasteiger partial charge in [0.2, 0.25) is 0 Å². The van der Waals surface area contributed by atoms with Crippen molar-refractivity contribution < 1.29 is 28.9 Å². The average Bonchev–Trinajstić information content (AvgIpc) is 2.63. The van der Waals surface area contributed by atoms with Crippen LogP contribution < -0.4 is 14.8 Å². The molecule has 0 atom stereocenters. The van der Waals surface area contributed by atoms with E-state index in [1.54, 1.807) is 19.1 Å². The lowest BCUT2D eigenvalue weighted by molar-refractivity contribution is -0.119. The van der Waals surface area contributed by atoms with Crippen molar-refractivity contribution in [2.45, 2.75) is 6.92 Å². The molecule has 0 spiro atoms. The third kappa shape index (κ3) is 5.42. The minimum absolute atomic E-state index is 0.0365. The monoisotopic (exact) mass is 413 g/mol. The van der Waals surface area contributed by atoms with Crippen molar-refractivity contribution in [3.63, 3.8) is 0 Å². The lowest BCUT2D eigenvalue weighted by atomic mass is 10.2. The van der Waals surface area contributed by atoms with Gasteiger partial charge in [0.25, 0.3) is 5.91 Å². The van der Waals surface area contributed by atoms with E-state index in [2.05, 4.69) is 5.32 Å². The number of nitrogens with one attached hydrogen (secondary N) is 1.